The second-order valence-corrected chi connectivity index (χ2v) is 4.25. The molecule has 1 heterocycles. The highest BCUT2D eigenvalue weighted by atomic mass is 16.5. The average Bonchev–Trinajstić information content (AvgIpc) is 2.46. The Balaban J connectivity index is 2.29. The van der Waals surface area contributed by atoms with Crippen LogP contribution in [0, 0.1) is 18.8 Å². The Morgan fingerprint density at radius 2 is 2.21 bits per heavy atom. The van der Waals surface area contributed by atoms with Crippen LogP contribution in [0.1, 0.15) is 27.9 Å². The van der Waals surface area contributed by atoms with Crippen molar-refractivity contribution in [3.63, 3.8) is 0 Å². The summed E-state index contributed by atoms with van der Waals surface area (Å²) in [5.74, 6) is 5.81. The summed E-state index contributed by atoms with van der Waals surface area (Å²) in [5, 5.41) is 0. The minimum absolute atomic E-state index is 0.346. The largest absolute Gasteiger partial charge is 0.465 e. The number of benzene rings is 1. The van der Waals surface area contributed by atoms with Crippen molar-refractivity contribution in [2.75, 3.05) is 13.7 Å². The molecule has 19 heavy (non-hydrogen) atoms. The zero-order chi connectivity index (χ0) is 13.7. The molecular formula is C16H15NO2. The SMILES string of the molecule is COC(=O)c1ccc(C)c(C#CC2=CCCN=C2)c1. The number of nitrogens with zero attached hydrogens (tertiary/aromatic N) is 1. The van der Waals surface area contributed by atoms with Crippen molar-refractivity contribution in [2.24, 2.45) is 4.99 Å². The van der Waals surface area contributed by atoms with E-state index in [4.69, 9.17) is 4.74 Å². The Labute approximate surface area is 113 Å². The van der Waals surface area contributed by atoms with Crippen molar-refractivity contribution in [1.29, 1.82) is 0 Å². The van der Waals surface area contributed by atoms with E-state index in [1.165, 1.54) is 7.11 Å². The maximum Gasteiger partial charge on any atom is 0.337 e. The summed E-state index contributed by atoms with van der Waals surface area (Å²) in [6, 6.07) is 5.38. The van der Waals surface area contributed by atoms with Crippen LogP contribution in [0.4, 0.5) is 0 Å². The minimum Gasteiger partial charge on any atom is -0.465 e. The van der Waals surface area contributed by atoms with Gasteiger partial charge in [0.15, 0.2) is 0 Å². The molecule has 3 nitrogen and oxygen atoms in total. The zero-order valence-electron chi connectivity index (χ0n) is 11.1. The van der Waals surface area contributed by atoms with Gasteiger partial charge in [0.2, 0.25) is 0 Å². The number of carbonyl (C=O) groups excluding carboxylic acids is 1. The number of esters is 1. The van der Waals surface area contributed by atoms with Crippen LogP contribution >= 0.6 is 0 Å². The number of ether oxygens (including phenoxy) is 1. The predicted octanol–water partition coefficient (Wildman–Crippen LogP) is 2.53. The van der Waals surface area contributed by atoms with Crippen molar-refractivity contribution in [2.45, 2.75) is 13.3 Å². The topological polar surface area (TPSA) is 38.7 Å². The van der Waals surface area contributed by atoms with E-state index in [0.29, 0.717) is 5.56 Å². The van der Waals surface area contributed by atoms with Gasteiger partial charge in [-0.15, -0.1) is 0 Å². The Bertz CT molecular complexity index is 615. The van der Waals surface area contributed by atoms with Crippen LogP contribution in [-0.2, 0) is 4.74 Å². The van der Waals surface area contributed by atoms with Crippen molar-refractivity contribution in [1.82, 2.24) is 0 Å². The Morgan fingerprint density at radius 3 is 2.89 bits per heavy atom. The summed E-state index contributed by atoms with van der Waals surface area (Å²) in [4.78, 5) is 15.7. The van der Waals surface area contributed by atoms with Crippen molar-refractivity contribution < 1.29 is 9.53 Å². The fraction of sp³-hybridized carbons (Fsp3) is 0.250. The van der Waals surface area contributed by atoms with E-state index >= 15 is 0 Å². The molecule has 0 bridgehead atoms. The highest BCUT2D eigenvalue weighted by molar-refractivity contribution is 5.90. The molecule has 0 saturated carbocycles. The van der Waals surface area contributed by atoms with E-state index in [2.05, 4.69) is 22.9 Å². The third-order valence-electron chi connectivity index (χ3n) is 2.85. The quantitative estimate of drug-likeness (QED) is 0.570. The third-order valence-corrected chi connectivity index (χ3v) is 2.85. The van der Waals surface area contributed by atoms with Crippen LogP contribution in [0.2, 0.25) is 0 Å². The van der Waals surface area contributed by atoms with Gasteiger partial charge in [0.1, 0.15) is 0 Å². The number of hydrogen-bond acceptors (Lipinski definition) is 3. The Hall–Kier alpha value is -2.34. The van der Waals surface area contributed by atoms with E-state index in [-0.39, 0.29) is 5.97 Å². The number of dihydropyridines is 1. The van der Waals surface area contributed by atoms with E-state index in [9.17, 15) is 4.79 Å². The zero-order valence-corrected chi connectivity index (χ0v) is 11.1. The number of methoxy groups -OCH3 is 1. The van der Waals surface area contributed by atoms with Gasteiger partial charge in [-0.25, -0.2) is 4.79 Å². The first-order chi connectivity index (χ1) is 9.20. The molecule has 0 N–H and O–H groups in total. The molecular weight excluding hydrogens is 238 g/mol. The standard InChI is InChI=1S/C16H15NO2/c1-12-5-7-15(16(18)19-2)10-14(12)8-6-13-4-3-9-17-11-13/h4-5,7,10-11H,3,9H2,1-2H3. The molecule has 0 amide bonds. The van der Waals surface area contributed by atoms with Gasteiger partial charge in [0.05, 0.1) is 12.7 Å². The number of aryl methyl sites for hydroxylation is 1. The number of rotatable bonds is 1. The smallest absolute Gasteiger partial charge is 0.337 e. The highest BCUT2D eigenvalue weighted by Gasteiger charge is 2.06. The number of hydrogen-bond donors (Lipinski definition) is 0. The minimum atomic E-state index is -0.346. The molecule has 1 aromatic rings. The molecule has 1 aromatic carbocycles. The lowest BCUT2D eigenvalue weighted by atomic mass is 10.0. The third kappa shape index (κ3) is 3.32. The van der Waals surface area contributed by atoms with E-state index in [1.54, 1.807) is 18.3 Å². The molecule has 0 aliphatic carbocycles. The summed E-state index contributed by atoms with van der Waals surface area (Å²) < 4.78 is 4.71. The first-order valence-corrected chi connectivity index (χ1v) is 6.11. The first-order valence-electron chi connectivity index (χ1n) is 6.11. The monoisotopic (exact) mass is 253 g/mol. The molecule has 1 aliphatic heterocycles. The van der Waals surface area contributed by atoms with Gasteiger partial charge in [-0.05, 0) is 31.0 Å². The normalized spacial score (nSPS) is 13.3. The van der Waals surface area contributed by atoms with Crippen LogP contribution in [0.3, 0.4) is 0 Å². The molecule has 0 saturated heterocycles. The van der Waals surface area contributed by atoms with Crippen LogP contribution in [0.25, 0.3) is 0 Å². The Kier molecular flexibility index (Phi) is 4.15. The van der Waals surface area contributed by atoms with Crippen LogP contribution in [0.5, 0.6) is 0 Å². The summed E-state index contributed by atoms with van der Waals surface area (Å²) in [6.07, 6.45) is 4.79. The summed E-state index contributed by atoms with van der Waals surface area (Å²) >= 11 is 0. The molecule has 0 radical (unpaired) electrons. The van der Waals surface area contributed by atoms with Crippen molar-refractivity contribution in [3.8, 4) is 11.8 Å². The van der Waals surface area contributed by atoms with Gasteiger partial charge >= 0.3 is 5.97 Å². The first kappa shape index (κ1) is 13.1. The summed E-state index contributed by atoms with van der Waals surface area (Å²) in [5.41, 5.74) is 3.31. The van der Waals surface area contributed by atoms with Gasteiger partial charge in [0.25, 0.3) is 0 Å². The molecule has 0 unspecified atom stereocenters. The molecule has 3 heteroatoms. The predicted molar refractivity (Wildman–Crippen MR) is 75.5 cm³/mol. The maximum atomic E-state index is 11.5. The van der Waals surface area contributed by atoms with Crippen molar-refractivity contribution in [3.05, 3.63) is 46.5 Å². The fourth-order valence-corrected chi connectivity index (χ4v) is 1.73. The van der Waals surface area contributed by atoms with E-state index in [1.807, 2.05) is 13.0 Å². The molecule has 2 rings (SSSR count). The number of carbonyl (C=O) groups is 1. The molecule has 0 fully saturated rings. The molecule has 96 valence electrons. The van der Waals surface area contributed by atoms with E-state index < -0.39 is 0 Å². The van der Waals surface area contributed by atoms with Crippen LogP contribution < -0.4 is 0 Å². The number of allylic oxidation sites excluding steroid dienone is 1. The highest BCUT2D eigenvalue weighted by Crippen LogP contribution is 2.11. The lowest BCUT2D eigenvalue weighted by Crippen LogP contribution is -2.01. The molecule has 1 aliphatic rings. The Morgan fingerprint density at radius 1 is 1.37 bits per heavy atom. The fourth-order valence-electron chi connectivity index (χ4n) is 1.73. The van der Waals surface area contributed by atoms with Gasteiger partial charge < -0.3 is 4.74 Å². The van der Waals surface area contributed by atoms with Crippen LogP contribution in [0.15, 0.2) is 34.8 Å². The summed E-state index contributed by atoms with van der Waals surface area (Å²) in [7, 11) is 1.37. The molecule has 0 spiro atoms. The van der Waals surface area contributed by atoms with Crippen molar-refractivity contribution >= 4 is 12.2 Å². The maximum absolute atomic E-state index is 11.5. The second kappa shape index (κ2) is 6.01. The van der Waals surface area contributed by atoms with Gasteiger partial charge in [-0.1, -0.05) is 24.0 Å². The lowest BCUT2D eigenvalue weighted by Gasteiger charge is -2.03. The van der Waals surface area contributed by atoms with Gasteiger partial charge in [0, 0.05) is 23.9 Å². The van der Waals surface area contributed by atoms with Gasteiger partial charge in [-0.3, -0.25) is 4.99 Å². The van der Waals surface area contributed by atoms with Crippen LogP contribution in [-0.4, -0.2) is 25.8 Å². The second-order valence-electron chi connectivity index (χ2n) is 4.25. The van der Waals surface area contributed by atoms with E-state index in [0.717, 1.165) is 29.7 Å². The number of aliphatic imine (C=N–C) groups is 1. The summed E-state index contributed by atoms with van der Waals surface area (Å²) in [6.45, 7) is 2.80. The molecule has 0 atom stereocenters. The van der Waals surface area contributed by atoms with Gasteiger partial charge in [-0.2, -0.15) is 0 Å². The molecule has 0 aromatic heterocycles. The average molecular weight is 253 g/mol. The lowest BCUT2D eigenvalue weighted by molar-refractivity contribution is 0.0600.